The van der Waals surface area contributed by atoms with E-state index in [0.717, 1.165) is 62.5 Å². The molecule has 0 radical (unpaired) electrons. The van der Waals surface area contributed by atoms with Gasteiger partial charge in [0.25, 0.3) is 0 Å². The Labute approximate surface area is 271 Å². The number of amides is 3. The third-order valence-electron chi connectivity index (χ3n) is 8.62. The van der Waals surface area contributed by atoms with Crippen LogP contribution >= 0.6 is 0 Å². The average Bonchev–Trinajstić information content (AvgIpc) is 2.99. The van der Waals surface area contributed by atoms with Crippen molar-refractivity contribution in [3.63, 3.8) is 0 Å². The summed E-state index contributed by atoms with van der Waals surface area (Å²) in [6.07, 6.45) is 24.0. The number of nitrogens with one attached hydrogen (secondary N) is 3. The van der Waals surface area contributed by atoms with Crippen LogP contribution in [0, 0.1) is 0 Å². The first-order valence-electron chi connectivity index (χ1n) is 18.5. The van der Waals surface area contributed by atoms with Crippen molar-refractivity contribution in [3.8, 4) is 0 Å². The number of hydrogen-bond acceptors (Lipinski definition) is 4. The van der Waals surface area contributed by atoms with Crippen LogP contribution in [0.3, 0.4) is 0 Å². The largest absolute Gasteiger partial charge is 0.391 e. The molecular weight excluding hydrogens is 552 g/mol. The fourth-order valence-corrected chi connectivity index (χ4v) is 5.54. The summed E-state index contributed by atoms with van der Waals surface area (Å²) in [7, 11) is 4.35. The van der Waals surface area contributed by atoms with Crippen LogP contribution in [0.15, 0.2) is 0 Å². The van der Waals surface area contributed by atoms with Crippen LogP contribution in [-0.4, -0.2) is 80.2 Å². The second-order valence-electron chi connectivity index (χ2n) is 13.5. The summed E-state index contributed by atoms with van der Waals surface area (Å²) >= 11 is 0. The van der Waals surface area contributed by atoms with Crippen LogP contribution in [-0.2, 0) is 14.4 Å². The molecule has 0 aliphatic heterocycles. The van der Waals surface area contributed by atoms with Gasteiger partial charge in [-0.15, -0.1) is 0 Å². The lowest BCUT2D eigenvalue weighted by atomic mass is 10.1. The van der Waals surface area contributed by atoms with E-state index in [9.17, 15) is 14.4 Å². The van der Waals surface area contributed by atoms with Crippen molar-refractivity contribution in [2.75, 3.05) is 46.9 Å². The highest BCUT2D eigenvalue weighted by Crippen LogP contribution is 2.12. The molecule has 0 fully saturated rings. The maximum Gasteiger partial charge on any atom is 0.242 e. The molecule has 0 aromatic carbocycles. The summed E-state index contributed by atoms with van der Waals surface area (Å²) in [4.78, 5) is 38.1. The third kappa shape index (κ3) is 27.8. The molecule has 0 unspecified atom stereocenters. The van der Waals surface area contributed by atoms with Crippen LogP contribution in [0.5, 0.6) is 0 Å². The molecule has 0 saturated carbocycles. The molecule has 0 heterocycles. The maximum absolute atomic E-state index is 13.0. The average molecular weight is 626 g/mol. The van der Waals surface area contributed by atoms with E-state index in [1.165, 1.54) is 83.5 Å². The molecule has 44 heavy (non-hydrogen) atoms. The zero-order chi connectivity index (χ0) is 32.7. The van der Waals surface area contributed by atoms with E-state index >= 15 is 0 Å². The molecule has 0 rings (SSSR count). The number of aliphatic hydroxyl groups is 1. The van der Waals surface area contributed by atoms with Gasteiger partial charge in [0.2, 0.25) is 17.7 Å². The molecule has 0 aliphatic rings. The van der Waals surface area contributed by atoms with Gasteiger partial charge in [-0.3, -0.25) is 14.4 Å². The first-order chi connectivity index (χ1) is 21.3. The molecule has 4 N–H and O–H groups in total. The van der Waals surface area contributed by atoms with E-state index in [0.29, 0.717) is 25.9 Å². The van der Waals surface area contributed by atoms with Crippen LogP contribution < -0.4 is 16.0 Å². The molecule has 0 bridgehead atoms. The first-order valence-corrected chi connectivity index (χ1v) is 18.5. The molecule has 0 aromatic rings. The number of carbonyl (C=O) groups excluding carboxylic acids is 3. The van der Waals surface area contributed by atoms with Gasteiger partial charge in [-0.25, -0.2) is 0 Å². The highest BCUT2D eigenvalue weighted by molar-refractivity contribution is 5.88. The van der Waals surface area contributed by atoms with E-state index < -0.39 is 6.04 Å². The summed E-state index contributed by atoms with van der Waals surface area (Å²) in [6, 6.07) is -0.664. The minimum Gasteiger partial charge on any atom is -0.391 e. The number of hydrogen-bond donors (Lipinski definition) is 4. The summed E-state index contributed by atoms with van der Waals surface area (Å²) in [5.74, 6) is -0.315. The summed E-state index contributed by atoms with van der Waals surface area (Å²) < 4.78 is 0.882. The zero-order valence-electron chi connectivity index (χ0n) is 29.5. The Bertz CT molecular complexity index is 702. The van der Waals surface area contributed by atoms with Crippen LogP contribution in [0.1, 0.15) is 162 Å². The molecule has 0 aliphatic carbocycles. The van der Waals surface area contributed by atoms with Gasteiger partial charge >= 0.3 is 0 Å². The Morgan fingerprint density at radius 3 is 1.59 bits per heavy atom. The third-order valence-corrected chi connectivity index (χ3v) is 8.62. The second-order valence-corrected chi connectivity index (χ2v) is 13.5. The first kappa shape index (κ1) is 42.3. The predicted molar refractivity (Wildman–Crippen MR) is 184 cm³/mol. The fraction of sp³-hybridized carbons (Fsp3) is 0.917. The Kier molecular flexibility index (Phi) is 28.9. The van der Waals surface area contributed by atoms with Crippen molar-refractivity contribution in [1.29, 1.82) is 0 Å². The Balaban J connectivity index is 4.34. The van der Waals surface area contributed by atoms with Crippen molar-refractivity contribution < 1.29 is 24.0 Å². The molecule has 0 spiro atoms. The second kappa shape index (κ2) is 30.0. The van der Waals surface area contributed by atoms with Gasteiger partial charge in [0, 0.05) is 25.9 Å². The highest BCUT2D eigenvalue weighted by Gasteiger charge is 2.21. The van der Waals surface area contributed by atoms with Crippen molar-refractivity contribution in [3.05, 3.63) is 0 Å². The minimum absolute atomic E-state index is 0.0468. The number of likely N-dealkylation sites (N-methyl/N-ethyl adjacent to an activating group) is 1. The molecule has 260 valence electrons. The molecule has 0 saturated heterocycles. The van der Waals surface area contributed by atoms with Crippen molar-refractivity contribution in [2.45, 2.75) is 168 Å². The lowest BCUT2D eigenvalue weighted by Crippen LogP contribution is -2.47. The Morgan fingerprint density at radius 2 is 1.05 bits per heavy atom. The standard InChI is InChI=1S/C36H72N4O4/c1-5-7-9-11-18-22-28-37-34(42)27-26-33(36(44)38-29-23-19-12-10-8-6-2)39-35(43)25-21-17-15-13-14-16-20-24-30-40(3,4)31-32-41/h33,41H,5-32H2,1-4H3,(H2-,37,38,39,42,43,44)/p+1/t33-/m0/s1. The van der Waals surface area contributed by atoms with Gasteiger partial charge in [0.15, 0.2) is 0 Å². The number of aliphatic hydroxyl groups excluding tert-OH is 1. The van der Waals surface area contributed by atoms with Crippen molar-refractivity contribution in [2.24, 2.45) is 0 Å². The smallest absolute Gasteiger partial charge is 0.242 e. The summed E-state index contributed by atoms with van der Waals surface area (Å²) in [6.45, 7) is 7.87. The Morgan fingerprint density at radius 1 is 0.568 bits per heavy atom. The predicted octanol–water partition coefficient (Wildman–Crippen LogP) is 6.78. The lowest BCUT2D eigenvalue weighted by molar-refractivity contribution is -0.890. The lowest BCUT2D eigenvalue weighted by Gasteiger charge is -2.28. The molecule has 8 nitrogen and oxygen atoms in total. The number of carbonyl (C=O) groups is 3. The van der Waals surface area contributed by atoms with Gasteiger partial charge in [0.05, 0.1) is 27.2 Å². The number of rotatable bonds is 32. The van der Waals surface area contributed by atoms with Gasteiger partial charge in [-0.2, -0.15) is 0 Å². The topological polar surface area (TPSA) is 108 Å². The van der Waals surface area contributed by atoms with E-state index in [4.69, 9.17) is 5.11 Å². The van der Waals surface area contributed by atoms with Gasteiger partial charge in [-0.05, 0) is 38.5 Å². The number of nitrogens with zero attached hydrogens (tertiary/aromatic N) is 1. The van der Waals surface area contributed by atoms with Crippen LogP contribution in [0.4, 0.5) is 0 Å². The van der Waals surface area contributed by atoms with E-state index in [-0.39, 0.29) is 30.7 Å². The van der Waals surface area contributed by atoms with Crippen molar-refractivity contribution in [1.82, 2.24) is 16.0 Å². The van der Waals surface area contributed by atoms with Gasteiger partial charge in [0.1, 0.15) is 12.6 Å². The van der Waals surface area contributed by atoms with Crippen molar-refractivity contribution >= 4 is 17.7 Å². The SMILES string of the molecule is CCCCCCCCNC(=O)CC[C@H](NC(=O)CCCCCCCCCC[N+](C)(C)CCO)C(=O)NCCCCCCCC. The van der Waals surface area contributed by atoms with Gasteiger partial charge < -0.3 is 25.5 Å². The summed E-state index contributed by atoms with van der Waals surface area (Å²) in [5, 5.41) is 18.1. The van der Waals surface area contributed by atoms with E-state index in [1.807, 2.05) is 0 Å². The normalized spacial score (nSPS) is 12.2. The molecular formula is C36H73N4O4+. The molecule has 0 aromatic heterocycles. The number of quaternary nitrogens is 1. The maximum atomic E-state index is 13.0. The van der Waals surface area contributed by atoms with Crippen LogP contribution in [0.2, 0.25) is 0 Å². The minimum atomic E-state index is -0.664. The molecule has 8 heteroatoms. The summed E-state index contributed by atoms with van der Waals surface area (Å²) in [5.41, 5.74) is 0. The van der Waals surface area contributed by atoms with Crippen LogP contribution in [0.25, 0.3) is 0 Å². The van der Waals surface area contributed by atoms with Gasteiger partial charge in [-0.1, -0.05) is 110 Å². The Hall–Kier alpha value is -1.67. The number of unbranched alkanes of at least 4 members (excludes halogenated alkanes) is 17. The monoisotopic (exact) mass is 626 g/mol. The zero-order valence-corrected chi connectivity index (χ0v) is 29.5. The molecule has 3 amide bonds. The fourth-order valence-electron chi connectivity index (χ4n) is 5.54. The highest BCUT2D eigenvalue weighted by atomic mass is 16.3. The molecule has 1 atom stereocenters. The quantitative estimate of drug-likeness (QED) is 0.0488. The van der Waals surface area contributed by atoms with E-state index in [1.54, 1.807) is 0 Å². The van der Waals surface area contributed by atoms with E-state index in [2.05, 4.69) is 43.9 Å².